The molecule has 0 bridgehead atoms. The maximum Gasteiger partial charge on any atom is 0.315 e. The van der Waals surface area contributed by atoms with Crippen LogP contribution in [-0.4, -0.2) is 22.8 Å². The lowest BCUT2D eigenvalue weighted by atomic mass is 10.1. The largest absolute Gasteiger partial charge is 0.407 e. The zero-order valence-corrected chi connectivity index (χ0v) is 10.6. The van der Waals surface area contributed by atoms with Gasteiger partial charge in [-0.2, -0.15) is 0 Å². The molecule has 0 aliphatic heterocycles. The summed E-state index contributed by atoms with van der Waals surface area (Å²) >= 11 is 0. The van der Waals surface area contributed by atoms with Crippen LogP contribution in [0.3, 0.4) is 0 Å². The summed E-state index contributed by atoms with van der Waals surface area (Å²) in [5, 5.41) is 14.3. The van der Waals surface area contributed by atoms with Crippen molar-refractivity contribution in [2.45, 2.75) is 46.7 Å². The Morgan fingerprint density at radius 3 is 2.62 bits per heavy atom. The Bertz CT molecular complexity index is 298. The van der Waals surface area contributed by atoms with Gasteiger partial charge in [-0.1, -0.05) is 25.9 Å². The Labute approximate surface area is 97.0 Å². The molecule has 2 N–H and O–H groups in total. The van der Waals surface area contributed by atoms with Crippen LogP contribution in [0.1, 0.15) is 40.0 Å². The molecule has 0 spiro atoms. The van der Waals surface area contributed by atoms with Gasteiger partial charge in [0.15, 0.2) is 0 Å². The van der Waals surface area contributed by atoms with Gasteiger partial charge in [-0.3, -0.25) is 0 Å². The number of nitrogens with one attached hydrogen (secondary N) is 2. The Morgan fingerprint density at radius 2 is 2.00 bits per heavy atom. The van der Waals surface area contributed by atoms with Crippen molar-refractivity contribution in [3.63, 3.8) is 0 Å². The molecule has 5 heteroatoms. The van der Waals surface area contributed by atoms with Gasteiger partial charge in [0.25, 0.3) is 0 Å². The standard InChI is InChI=1S/C11H22N4O/c1-5-6-12-7-10-14-15-11(16-10)13-9(4)8(2)3/h8-9,12H,5-7H2,1-4H3,(H,13,15). The van der Waals surface area contributed by atoms with Crippen molar-refractivity contribution in [2.75, 3.05) is 11.9 Å². The van der Waals surface area contributed by atoms with Crippen molar-refractivity contribution in [2.24, 2.45) is 5.92 Å². The van der Waals surface area contributed by atoms with E-state index in [4.69, 9.17) is 4.42 Å². The minimum atomic E-state index is 0.330. The number of nitrogens with zero attached hydrogens (tertiary/aromatic N) is 2. The molecule has 1 aromatic heterocycles. The molecule has 0 saturated carbocycles. The maximum absolute atomic E-state index is 5.46. The quantitative estimate of drug-likeness (QED) is 0.696. The zero-order chi connectivity index (χ0) is 12.0. The molecule has 5 nitrogen and oxygen atoms in total. The molecule has 1 atom stereocenters. The van der Waals surface area contributed by atoms with Crippen molar-refractivity contribution >= 4 is 6.01 Å². The summed E-state index contributed by atoms with van der Waals surface area (Å²) in [4.78, 5) is 0. The van der Waals surface area contributed by atoms with Gasteiger partial charge in [-0.25, -0.2) is 0 Å². The molecule has 0 aliphatic rings. The molecule has 1 unspecified atom stereocenters. The van der Waals surface area contributed by atoms with Crippen molar-refractivity contribution in [1.82, 2.24) is 15.5 Å². The molecular formula is C11H22N4O. The summed E-state index contributed by atoms with van der Waals surface area (Å²) in [6, 6.07) is 0.839. The Kier molecular flexibility index (Phi) is 5.25. The van der Waals surface area contributed by atoms with Crippen LogP contribution in [0.4, 0.5) is 6.01 Å². The molecule has 1 aromatic rings. The number of rotatable bonds is 7. The lowest BCUT2D eigenvalue weighted by Gasteiger charge is -2.14. The van der Waals surface area contributed by atoms with Gasteiger partial charge in [-0.05, 0) is 25.8 Å². The van der Waals surface area contributed by atoms with E-state index in [-0.39, 0.29) is 0 Å². The minimum Gasteiger partial charge on any atom is -0.407 e. The number of hydrogen-bond acceptors (Lipinski definition) is 5. The van der Waals surface area contributed by atoms with Crippen molar-refractivity contribution in [1.29, 1.82) is 0 Å². The summed E-state index contributed by atoms with van der Waals surface area (Å²) in [5.41, 5.74) is 0. The van der Waals surface area contributed by atoms with E-state index in [1.807, 2.05) is 0 Å². The summed E-state index contributed by atoms with van der Waals surface area (Å²) in [5.74, 6) is 1.17. The molecule has 16 heavy (non-hydrogen) atoms. The highest BCUT2D eigenvalue weighted by atomic mass is 16.4. The molecule has 0 radical (unpaired) electrons. The molecule has 0 fully saturated rings. The molecule has 0 aromatic carbocycles. The first-order chi connectivity index (χ1) is 7.63. The van der Waals surface area contributed by atoms with Gasteiger partial charge in [0.05, 0.1) is 6.54 Å². The van der Waals surface area contributed by atoms with Gasteiger partial charge in [0.1, 0.15) is 0 Å². The van der Waals surface area contributed by atoms with Crippen LogP contribution in [0.15, 0.2) is 4.42 Å². The summed E-state index contributed by atoms with van der Waals surface area (Å²) < 4.78 is 5.46. The number of anilines is 1. The van der Waals surface area contributed by atoms with Crippen molar-refractivity contribution in [3.05, 3.63) is 5.89 Å². The van der Waals surface area contributed by atoms with Crippen molar-refractivity contribution in [3.8, 4) is 0 Å². The zero-order valence-electron chi connectivity index (χ0n) is 10.6. The molecule has 92 valence electrons. The lowest BCUT2D eigenvalue weighted by Crippen LogP contribution is -2.21. The number of aromatic nitrogens is 2. The molecule has 1 heterocycles. The third-order valence-corrected chi connectivity index (χ3v) is 2.52. The highest BCUT2D eigenvalue weighted by Gasteiger charge is 2.11. The molecule has 1 rings (SSSR count). The third-order valence-electron chi connectivity index (χ3n) is 2.52. The van der Waals surface area contributed by atoms with E-state index in [1.54, 1.807) is 0 Å². The summed E-state index contributed by atoms with van der Waals surface area (Å²) in [7, 11) is 0. The normalized spacial score (nSPS) is 13.1. The van der Waals surface area contributed by atoms with Gasteiger partial charge >= 0.3 is 6.01 Å². The van der Waals surface area contributed by atoms with Gasteiger partial charge in [0.2, 0.25) is 5.89 Å². The molecule has 0 saturated heterocycles. The van der Waals surface area contributed by atoms with E-state index in [2.05, 4.69) is 48.5 Å². The average Bonchev–Trinajstić information content (AvgIpc) is 2.66. The Morgan fingerprint density at radius 1 is 1.25 bits per heavy atom. The van der Waals surface area contributed by atoms with Crippen molar-refractivity contribution < 1.29 is 4.42 Å². The number of hydrogen-bond donors (Lipinski definition) is 2. The van der Waals surface area contributed by atoms with Crippen LogP contribution in [0, 0.1) is 5.92 Å². The molecular weight excluding hydrogens is 204 g/mol. The van der Waals surface area contributed by atoms with Gasteiger partial charge < -0.3 is 15.1 Å². The van der Waals surface area contributed by atoms with E-state index in [1.165, 1.54) is 0 Å². The maximum atomic E-state index is 5.46. The van der Waals surface area contributed by atoms with Gasteiger partial charge in [0, 0.05) is 6.04 Å². The third kappa shape index (κ3) is 4.18. The second-order valence-electron chi connectivity index (χ2n) is 4.35. The fourth-order valence-electron chi connectivity index (χ4n) is 1.12. The van der Waals surface area contributed by atoms with E-state index in [0.29, 0.717) is 30.4 Å². The lowest BCUT2D eigenvalue weighted by molar-refractivity contribution is 0.463. The van der Waals surface area contributed by atoms with E-state index >= 15 is 0 Å². The van der Waals surface area contributed by atoms with E-state index in [0.717, 1.165) is 13.0 Å². The smallest absolute Gasteiger partial charge is 0.315 e. The first-order valence-corrected chi connectivity index (χ1v) is 5.93. The first kappa shape index (κ1) is 13.0. The van der Waals surface area contributed by atoms with Crippen LogP contribution in [0.5, 0.6) is 0 Å². The van der Waals surface area contributed by atoms with Crippen LogP contribution in [0.25, 0.3) is 0 Å². The summed E-state index contributed by atoms with van der Waals surface area (Å²) in [6.07, 6.45) is 1.10. The Hall–Kier alpha value is -1.10. The summed E-state index contributed by atoms with van der Waals surface area (Å²) in [6.45, 7) is 10.1. The van der Waals surface area contributed by atoms with E-state index < -0.39 is 0 Å². The van der Waals surface area contributed by atoms with Gasteiger partial charge in [-0.15, -0.1) is 5.10 Å². The van der Waals surface area contributed by atoms with Crippen LogP contribution >= 0.6 is 0 Å². The predicted octanol–water partition coefficient (Wildman–Crippen LogP) is 2.03. The predicted molar refractivity (Wildman–Crippen MR) is 64.2 cm³/mol. The second kappa shape index (κ2) is 6.48. The van der Waals surface area contributed by atoms with Crippen LogP contribution in [0.2, 0.25) is 0 Å². The highest BCUT2D eigenvalue weighted by Crippen LogP contribution is 2.10. The second-order valence-corrected chi connectivity index (χ2v) is 4.35. The molecule has 0 aliphatic carbocycles. The van der Waals surface area contributed by atoms with Crippen LogP contribution in [-0.2, 0) is 6.54 Å². The SMILES string of the molecule is CCCNCc1nnc(NC(C)C(C)C)o1. The topological polar surface area (TPSA) is 63.0 Å². The highest BCUT2D eigenvalue weighted by molar-refractivity contribution is 5.19. The first-order valence-electron chi connectivity index (χ1n) is 5.93. The van der Waals surface area contributed by atoms with Crippen LogP contribution < -0.4 is 10.6 Å². The fraction of sp³-hybridized carbons (Fsp3) is 0.818. The fourth-order valence-corrected chi connectivity index (χ4v) is 1.12. The Balaban J connectivity index is 2.39. The average molecular weight is 226 g/mol. The molecule has 0 amide bonds. The monoisotopic (exact) mass is 226 g/mol. The van der Waals surface area contributed by atoms with E-state index in [9.17, 15) is 0 Å². The minimum absolute atomic E-state index is 0.330.